The molecular weight excluding hydrogens is 442 g/mol. The van der Waals surface area contributed by atoms with E-state index in [1.807, 2.05) is 79.7 Å². The first-order valence-electron chi connectivity index (χ1n) is 11.6. The van der Waals surface area contributed by atoms with Gasteiger partial charge < -0.3 is 9.47 Å². The van der Waals surface area contributed by atoms with Crippen molar-refractivity contribution in [1.29, 1.82) is 0 Å². The Bertz CT molecular complexity index is 1330. The molecule has 7 heteroatoms. The number of carbonyl (C=O) groups is 1. The van der Waals surface area contributed by atoms with Crippen LogP contribution in [0, 0.1) is 0 Å². The Balaban J connectivity index is 1.42. The zero-order valence-electron chi connectivity index (χ0n) is 20.0. The standard InChI is InChI=1S/C28H29N3O4/c1-3-34-27(32)19-31(17-21-9-5-4-6-10-21)18-22-13-15-23(16-14-22)35-20-26-29-25-12-8-7-11-24(25)28(33)30(26)2/h4-16H,3,17-20H2,1-2H3. The number of hydrogen-bond acceptors (Lipinski definition) is 6. The Labute approximate surface area is 204 Å². The van der Waals surface area contributed by atoms with Crippen LogP contribution in [0.4, 0.5) is 0 Å². The van der Waals surface area contributed by atoms with Gasteiger partial charge in [-0.15, -0.1) is 0 Å². The normalized spacial score (nSPS) is 11.1. The zero-order valence-corrected chi connectivity index (χ0v) is 20.0. The first kappa shape index (κ1) is 24.2. The van der Waals surface area contributed by atoms with Crippen LogP contribution in [0.25, 0.3) is 10.9 Å². The fourth-order valence-electron chi connectivity index (χ4n) is 3.89. The lowest BCUT2D eigenvalue weighted by Gasteiger charge is -2.21. The van der Waals surface area contributed by atoms with Gasteiger partial charge >= 0.3 is 5.97 Å². The van der Waals surface area contributed by atoms with E-state index in [-0.39, 0.29) is 24.7 Å². The van der Waals surface area contributed by atoms with E-state index in [0.717, 1.165) is 11.1 Å². The number of hydrogen-bond donors (Lipinski definition) is 0. The van der Waals surface area contributed by atoms with Gasteiger partial charge in [0.1, 0.15) is 18.2 Å². The number of carbonyl (C=O) groups excluding carboxylic acids is 1. The molecule has 0 radical (unpaired) electrons. The van der Waals surface area contributed by atoms with E-state index in [1.54, 1.807) is 13.1 Å². The molecule has 0 saturated heterocycles. The molecule has 7 nitrogen and oxygen atoms in total. The Kier molecular flexibility index (Phi) is 7.90. The Morgan fingerprint density at radius 3 is 2.29 bits per heavy atom. The second-order valence-corrected chi connectivity index (χ2v) is 8.28. The third-order valence-electron chi connectivity index (χ3n) is 5.68. The number of benzene rings is 3. The highest BCUT2D eigenvalue weighted by molar-refractivity contribution is 5.77. The van der Waals surface area contributed by atoms with E-state index < -0.39 is 0 Å². The lowest BCUT2D eigenvalue weighted by molar-refractivity contribution is -0.144. The number of esters is 1. The van der Waals surface area contributed by atoms with Crippen molar-refractivity contribution in [2.75, 3.05) is 13.2 Å². The van der Waals surface area contributed by atoms with E-state index in [1.165, 1.54) is 4.57 Å². The van der Waals surface area contributed by atoms with E-state index in [2.05, 4.69) is 9.88 Å². The molecule has 0 aliphatic rings. The third kappa shape index (κ3) is 6.33. The number of aromatic nitrogens is 2. The summed E-state index contributed by atoms with van der Waals surface area (Å²) in [6.07, 6.45) is 0. The van der Waals surface area contributed by atoms with Gasteiger partial charge in [-0.25, -0.2) is 4.98 Å². The van der Waals surface area contributed by atoms with E-state index in [0.29, 0.717) is 42.2 Å². The lowest BCUT2D eigenvalue weighted by atomic mass is 10.1. The summed E-state index contributed by atoms with van der Waals surface area (Å²) in [5.41, 5.74) is 2.74. The summed E-state index contributed by atoms with van der Waals surface area (Å²) in [4.78, 5) is 31.3. The van der Waals surface area contributed by atoms with E-state index >= 15 is 0 Å². The Hall–Kier alpha value is -3.97. The minimum Gasteiger partial charge on any atom is -0.486 e. The van der Waals surface area contributed by atoms with Crippen LogP contribution in [0.5, 0.6) is 5.75 Å². The van der Waals surface area contributed by atoms with Gasteiger partial charge in [-0.1, -0.05) is 54.6 Å². The molecule has 1 aromatic heterocycles. The van der Waals surface area contributed by atoms with Gasteiger partial charge in [-0.05, 0) is 42.3 Å². The molecule has 3 aromatic carbocycles. The quantitative estimate of drug-likeness (QED) is 0.325. The Morgan fingerprint density at radius 1 is 0.914 bits per heavy atom. The van der Waals surface area contributed by atoms with Crippen LogP contribution in [0.3, 0.4) is 0 Å². The van der Waals surface area contributed by atoms with E-state index in [9.17, 15) is 9.59 Å². The third-order valence-corrected chi connectivity index (χ3v) is 5.68. The van der Waals surface area contributed by atoms with Crippen molar-refractivity contribution in [2.45, 2.75) is 26.6 Å². The van der Waals surface area contributed by atoms with Crippen LogP contribution < -0.4 is 10.3 Å². The molecule has 0 N–H and O–H groups in total. The highest BCUT2D eigenvalue weighted by atomic mass is 16.5. The van der Waals surface area contributed by atoms with Crippen LogP contribution in [0.1, 0.15) is 23.9 Å². The summed E-state index contributed by atoms with van der Waals surface area (Å²) in [7, 11) is 1.70. The molecule has 0 aliphatic carbocycles. The van der Waals surface area contributed by atoms with Crippen molar-refractivity contribution in [2.24, 2.45) is 7.05 Å². The van der Waals surface area contributed by atoms with Crippen LogP contribution in [-0.4, -0.2) is 33.6 Å². The molecule has 0 bridgehead atoms. The average Bonchev–Trinajstić information content (AvgIpc) is 2.87. The van der Waals surface area contributed by atoms with Gasteiger partial charge in [0.2, 0.25) is 0 Å². The second-order valence-electron chi connectivity index (χ2n) is 8.28. The van der Waals surface area contributed by atoms with Gasteiger partial charge in [0.05, 0.1) is 24.1 Å². The predicted molar refractivity (Wildman–Crippen MR) is 135 cm³/mol. The van der Waals surface area contributed by atoms with Crippen LogP contribution in [0.2, 0.25) is 0 Å². The summed E-state index contributed by atoms with van der Waals surface area (Å²) >= 11 is 0. The molecule has 0 saturated carbocycles. The number of fused-ring (bicyclic) bond motifs is 1. The second kappa shape index (κ2) is 11.4. The van der Waals surface area contributed by atoms with Crippen LogP contribution in [-0.2, 0) is 36.3 Å². The van der Waals surface area contributed by atoms with Gasteiger partial charge in [0, 0.05) is 20.1 Å². The van der Waals surface area contributed by atoms with Crippen molar-refractivity contribution in [3.05, 3.63) is 106 Å². The fourth-order valence-corrected chi connectivity index (χ4v) is 3.89. The molecule has 4 aromatic rings. The average molecular weight is 472 g/mol. The van der Waals surface area contributed by atoms with Crippen molar-refractivity contribution >= 4 is 16.9 Å². The number of nitrogens with zero attached hydrogens (tertiary/aromatic N) is 3. The highest BCUT2D eigenvalue weighted by Crippen LogP contribution is 2.17. The predicted octanol–water partition coefficient (Wildman–Crippen LogP) is 4.08. The number of para-hydroxylation sites is 1. The molecule has 0 fully saturated rings. The minimum absolute atomic E-state index is 0.0929. The molecular formula is C28H29N3O4. The maximum Gasteiger partial charge on any atom is 0.320 e. The largest absolute Gasteiger partial charge is 0.486 e. The first-order chi connectivity index (χ1) is 17.0. The Morgan fingerprint density at radius 2 is 1.57 bits per heavy atom. The molecule has 4 rings (SSSR count). The van der Waals surface area contributed by atoms with Crippen molar-refractivity contribution in [3.8, 4) is 5.75 Å². The number of rotatable bonds is 10. The molecule has 0 aliphatic heterocycles. The molecule has 0 spiro atoms. The molecule has 1 heterocycles. The molecule has 0 unspecified atom stereocenters. The summed E-state index contributed by atoms with van der Waals surface area (Å²) in [5.74, 6) is 0.995. The molecule has 0 amide bonds. The first-order valence-corrected chi connectivity index (χ1v) is 11.6. The topological polar surface area (TPSA) is 73.7 Å². The van der Waals surface area contributed by atoms with Gasteiger partial charge in [0.25, 0.3) is 5.56 Å². The van der Waals surface area contributed by atoms with Gasteiger partial charge in [-0.2, -0.15) is 0 Å². The maximum atomic E-state index is 12.6. The van der Waals surface area contributed by atoms with Gasteiger partial charge in [0.15, 0.2) is 0 Å². The van der Waals surface area contributed by atoms with Crippen molar-refractivity contribution < 1.29 is 14.3 Å². The van der Waals surface area contributed by atoms with Crippen molar-refractivity contribution in [1.82, 2.24) is 14.5 Å². The summed E-state index contributed by atoms with van der Waals surface area (Å²) in [6, 6.07) is 25.1. The monoisotopic (exact) mass is 471 g/mol. The summed E-state index contributed by atoms with van der Waals surface area (Å²) in [6.45, 7) is 3.79. The molecule has 180 valence electrons. The lowest BCUT2D eigenvalue weighted by Crippen LogP contribution is -2.30. The summed E-state index contributed by atoms with van der Waals surface area (Å²) in [5, 5.41) is 0.589. The highest BCUT2D eigenvalue weighted by Gasteiger charge is 2.14. The maximum absolute atomic E-state index is 12.6. The molecule has 0 atom stereocenters. The van der Waals surface area contributed by atoms with Crippen molar-refractivity contribution in [3.63, 3.8) is 0 Å². The zero-order chi connectivity index (χ0) is 24.6. The smallest absolute Gasteiger partial charge is 0.320 e. The minimum atomic E-state index is -0.239. The van der Waals surface area contributed by atoms with Crippen LogP contribution >= 0.6 is 0 Å². The molecule has 35 heavy (non-hydrogen) atoms. The number of ether oxygens (including phenoxy) is 2. The van der Waals surface area contributed by atoms with E-state index in [4.69, 9.17) is 9.47 Å². The fraction of sp³-hybridized carbons (Fsp3) is 0.250. The van der Waals surface area contributed by atoms with Gasteiger partial charge in [-0.3, -0.25) is 19.1 Å². The summed E-state index contributed by atoms with van der Waals surface area (Å²) < 4.78 is 12.6. The van der Waals surface area contributed by atoms with Crippen LogP contribution in [0.15, 0.2) is 83.7 Å². The SMILES string of the molecule is CCOC(=O)CN(Cc1ccccc1)Cc1ccc(OCc2nc3ccccc3c(=O)n2C)cc1.